The second-order valence-electron chi connectivity index (χ2n) is 6.29. The molecule has 5 heteroatoms. The average Bonchev–Trinajstić information content (AvgIpc) is 2.39. The zero-order valence-electron chi connectivity index (χ0n) is 14.0. The van der Waals surface area contributed by atoms with Gasteiger partial charge in [-0.25, -0.2) is 4.98 Å². The van der Waals surface area contributed by atoms with Gasteiger partial charge < -0.3 is 15.0 Å². The number of likely N-dealkylation sites (N-methyl/N-ethyl adjacent to an activating group) is 1. The Morgan fingerprint density at radius 1 is 1.38 bits per heavy atom. The minimum Gasteiger partial charge on any atom is -0.383 e. The van der Waals surface area contributed by atoms with Gasteiger partial charge in [-0.3, -0.25) is 0 Å². The number of aromatic nitrogens is 1. The fourth-order valence-electron chi connectivity index (χ4n) is 2.14. The van der Waals surface area contributed by atoms with Gasteiger partial charge in [0, 0.05) is 25.7 Å². The molecule has 1 aromatic rings. The number of rotatable bonds is 7. The van der Waals surface area contributed by atoms with Crippen LogP contribution in [0.1, 0.15) is 40.3 Å². The number of hydrogen-bond acceptors (Lipinski definition) is 4. The Kier molecular flexibility index (Phi) is 6.91. The second-order valence-corrected chi connectivity index (χ2v) is 6.70. The Balaban J connectivity index is 2.93. The number of hydrogen-bond donors (Lipinski definition) is 1. The summed E-state index contributed by atoms with van der Waals surface area (Å²) in [7, 11) is 1.72. The van der Waals surface area contributed by atoms with Crippen LogP contribution >= 0.6 is 11.6 Å². The number of nitrogens with zero attached hydrogens (tertiary/aromatic N) is 2. The van der Waals surface area contributed by atoms with Crippen molar-refractivity contribution in [3.63, 3.8) is 0 Å². The van der Waals surface area contributed by atoms with Crippen LogP contribution in [-0.2, 0) is 11.3 Å². The van der Waals surface area contributed by atoms with E-state index in [0.717, 1.165) is 18.1 Å². The highest BCUT2D eigenvalue weighted by Crippen LogP contribution is 2.21. The normalized spacial score (nSPS) is 13.3. The topological polar surface area (TPSA) is 37.4 Å². The molecule has 0 aliphatic rings. The number of methoxy groups -OCH3 is 1. The minimum atomic E-state index is 0.0365. The SMILES string of the molecule is CCN(c1ccc(Cl)c(CNC(C)(C)C)n1)C(C)COC. The molecule has 0 amide bonds. The molecule has 0 spiro atoms. The molecular formula is C16H28ClN3O. The summed E-state index contributed by atoms with van der Waals surface area (Å²) in [6.07, 6.45) is 0. The lowest BCUT2D eigenvalue weighted by Crippen LogP contribution is -2.37. The zero-order valence-corrected chi connectivity index (χ0v) is 14.8. The maximum atomic E-state index is 6.27. The third kappa shape index (κ3) is 5.81. The van der Waals surface area contributed by atoms with E-state index in [1.165, 1.54) is 0 Å². The number of anilines is 1. The molecule has 1 aromatic heterocycles. The van der Waals surface area contributed by atoms with Crippen LogP contribution in [0.5, 0.6) is 0 Å². The van der Waals surface area contributed by atoms with E-state index in [-0.39, 0.29) is 11.6 Å². The van der Waals surface area contributed by atoms with Crippen molar-refractivity contribution >= 4 is 17.4 Å². The van der Waals surface area contributed by atoms with Crippen LogP contribution in [0.2, 0.25) is 5.02 Å². The average molecular weight is 314 g/mol. The van der Waals surface area contributed by atoms with Crippen LogP contribution in [0, 0.1) is 0 Å². The fraction of sp³-hybridized carbons (Fsp3) is 0.688. The van der Waals surface area contributed by atoms with Gasteiger partial charge in [0.15, 0.2) is 0 Å². The molecule has 0 aliphatic heterocycles. The first-order chi connectivity index (χ1) is 9.78. The molecule has 0 fully saturated rings. The van der Waals surface area contributed by atoms with Gasteiger partial charge in [-0.05, 0) is 46.8 Å². The molecule has 21 heavy (non-hydrogen) atoms. The molecule has 0 aromatic carbocycles. The lowest BCUT2D eigenvalue weighted by molar-refractivity contribution is 0.181. The maximum Gasteiger partial charge on any atom is 0.129 e. The second kappa shape index (κ2) is 7.97. The zero-order chi connectivity index (χ0) is 16.0. The van der Waals surface area contributed by atoms with Crippen molar-refractivity contribution in [1.29, 1.82) is 0 Å². The number of pyridine rings is 1. The van der Waals surface area contributed by atoms with Gasteiger partial charge in [0.1, 0.15) is 5.82 Å². The molecule has 4 nitrogen and oxygen atoms in total. The van der Waals surface area contributed by atoms with E-state index in [1.807, 2.05) is 12.1 Å². The van der Waals surface area contributed by atoms with E-state index in [9.17, 15) is 0 Å². The Morgan fingerprint density at radius 3 is 2.57 bits per heavy atom. The first-order valence-electron chi connectivity index (χ1n) is 7.44. The molecule has 0 aliphatic carbocycles. The van der Waals surface area contributed by atoms with Crippen molar-refractivity contribution in [2.24, 2.45) is 0 Å². The van der Waals surface area contributed by atoms with E-state index < -0.39 is 0 Å². The number of halogens is 1. The first-order valence-corrected chi connectivity index (χ1v) is 7.82. The van der Waals surface area contributed by atoms with Crippen LogP contribution in [0.25, 0.3) is 0 Å². The predicted octanol–water partition coefficient (Wildman–Crippen LogP) is 3.48. The number of nitrogens with one attached hydrogen (secondary N) is 1. The predicted molar refractivity (Wildman–Crippen MR) is 90.2 cm³/mol. The van der Waals surface area contributed by atoms with Gasteiger partial charge >= 0.3 is 0 Å². The molecule has 1 N–H and O–H groups in total. The molecule has 0 saturated carbocycles. The summed E-state index contributed by atoms with van der Waals surface area (Å²) < 4.78 is 5.25. The largest absolute Gasteiger partial charge is 0.383 e. The summed E-state index contributed by atoms with van der Waals surface area (Å²) in [5.41, 5.74) is 0.918. The van der Waals surface area contributed by atoms with Gasteiger partial charge in [0.05, 0.1) is 23.4 Å². The minimum absolute atomic E-state index is 0.0365. The van der Waals surface area contributed by atoms with Crippen molar-refractivity contribution < 1.29 is 4.74 Å². The smallest absolute Gasteiger partial charge is 0.129 e. The summed E-state index contributed by atoms with van der Waals surface area (Å²) in [5, 5.41) is 4.13. The maximum absolute atomic E-state index is 6.27. The summed E-state index contributed by atoms with van der Waals surface area (Å²) in [6, 6.07) is 4.17. The van der Waals surface area contributed by atoms with Crippen LogP contribution in [0.3, 0.4) is 0 Å². The molecule has 0 saturated heterocycles. The van der Waals surface area contributed by atoms with Crippen molar-refractivity contribution in [2.45, 2.75) is 52.7 Å². The molecule has 1 unspecified atom stereocenters. The highest BCUT2D eigenvalue weighted by molar-refractivity contribution is 6.31. The van der Waals surface area contributed by atoms with Crippen LogP contribution < -0.4 is 10.2 Å². The Bertz CT molecular complexity index is 446. The van der Waals surface area contributed by atoms with Crippen LogP contribution in [0.4, 0.5) is 5.82 Å². The van der Waals surface area contributed by atoms with E-state index in [2.05, 4.69) is 44.8 Å². The van der Waals surface area contributed by atoms with Crippen molar-refractivity contribution in [3.8, 4) is 0 Å². The molecule has 1 heterocycles. The lowest BCUT2D eigenvalue weighted by atomic mass is 10.1. The standard InChI is InChI=1S/C16H28ClN3O/c1-7-20(12(2)11-21-6)15-9-8-13(17)14(19-15)10-18-16(3,4)5/h8-9,12,18H,7,10-11H2,1-6H3. The Labute approximate surface area is 133 Å². The van der Waals surface area contributed by atoms with E-state index in [1.54, 1.807) is 7.11 Å². The third-order valence-electron chi connectivity index (χ3n) is 3.26. The summed E-state index contributed by atoms with van der Waals surface area (Å²) in [4.78, 5) is 6.95. The van der Waals surface area contributed by atoms with E-state index in [0.29, 0.717) is 18.2 Å². The molecule has 0 bridgehead atoms. The highest BCUT2D eigenvalue weighted by Gasteiger charge is 2.16. The number of ether oxygens (including phenoxy) is 1. The van der Waals surface area contributed by atoms with Gasteiger partial charge in [-0.2, -0.15) is 0 Å². The van der Waals surface area contributed by atoms with Gasteiger partial charge in [-0.1, -0.05) is 11.6 Å². The van der Waals surface area contributed by atoms with Gasteiger partial charge in [-0.15, -0.1) is 0 Å². The van der Waals surface area contributed by atoms with Gasteiger partial charge in [0.25, 0.3) is 0 Å². The summed E-state index contributed by atoms with van der Waals surface area (Å²) in [5.74, 6) is 0.942. The Morgan fingerprint density at radius 2 is 2.05 bits per heavy atom. The van der Waals surface area contributed by atoms with Gasteiger partial charge in [0.2, 0.25) is 0 Å². The molecule has 120 valence electrons. The summed E-state index contributed by atoms with van der Waals surface area (Å²) in [6.45, 7) is 12.9. The third-order valence-corrected chi connectivity index (χ3v) is 3.61. The fourth-order valence-corrected chi connectivity index (χ4v) is 2.31. The monoisotopic (exact) mass is 313 g/mol. The molecule has 0 radical (unpaired) electrons. The highest BCUT2D eigenvalue weighted by atomic mass is 35.5. The van der Waals surface area contributed by atoms with Crippen LogP contribution in [-0.4, -0.2) is 36.8 Å². The lowest BCUT2D eigenvalue weighted by Gasteiger charge is -2.29. The van der Waals surface area contributed by atoms with E-state index in [4.69, 9.17) is 21.3 Å². The summed E-state index contributed by atoms with van der Waals surface area (Å²) >= 11 is 6.27. The molecule has 1 atom stereocenters. The first kappa shape index (κ1) is 18.2. The van der Waals surface area contributed by atoms with Crippen LogP contribution in [0.15, 0.2) is 12.1 Å². The van der Waals surface area contributed by atoms with Crippen molar-refractivity contribution in [3.05, 3.63) is 22.8 Å². The quantitative estimate of drug-likeness (QED) is 0.836. The van der Waals surface area contributed by atoms with Crippen molar-refractivity contribution in [2.75, 3.05) is 25.2 Å². The van der Waals surface area contributed by atoms with Crippen molar-refractivity contribution in [1.82, 2.24) is 10.3 Å². The molecular weight excluding hydrogens is 286 g/mol. The van der Waals surface area contributed by atoms with E-state index >= 15 is 0 Å². The molecule has 1 rings (SSSR count). The Hall–Kier alpha value is -0.840.